The third-order valence-corrected chi connectivity index (χ3v) is 3.65. The smallest absolute Gasteiger partial charge is 0.222 e. The highest BCUT2D eigenvalue weighted by Gasteiger charge is 2.12. The zero-order valence-corrected chi connectivity index (χ0v) is 11.4. The summed E-state index contributed by atoms with van der Waals surface area (Å²) in [4.78, 5) is 12.9. The second-order valence-electron chi connectivity index (χ2n) is 5.11. The zero-order valence-electron chi connectivity index (χ0n) is 11.4. The average Bonchev–Trinajstić information content (AvgIpc) is 2.55. The molecule has 0 radical (unpaired) electrons. The fraction of sp³-hybridized carbons (Fsp3) is 0.400. The Hall–Kier alpha value is -2.01. The van der Waals surface area contributed by atoms with Crippen LogP contribution in [0.15, 0.2) is 36.9 Å². The number of hydrogen-bond acceptors (Lipinski definition) is 5. The summed E-state index contributed by atoms with van der Waals surface area (Å²) >= 11 is 0. The summed E-state index contributed by atoms with van der Waals surface area (Å²) in [5.74, 6) is 1.43. The van der Waals surface area contributed by atoms with Gasteiger partial charge in [0.2, 0.25) is 5.95 Å². The molecule has 5 nitrogen and oxygen atoms in total. The molecule has 1 aliphatic rings. The number of nitrogens with one attached hydrogen (secondary N) is 2. The molecule has 1 saturated heterocycles. The van der Waals surface area contributed by atoms with Crippen molar-refractivity contribution in [3.8, 4) is 11.1 Å². The molecule has 2 aromatic heterocycles. The van der Waals surface area contributed by atoms with E-state index in [1.54, 1.807) is 6.20 Å². The molecule has 20 heavy (non-hydrogen) atoms. The van der Waals surface area contributed by atoms with Crippen LogP contribution in [0, 0.1) is 5.92 Å². The van der Waals surface area contributed by atoms with Crippen molar-refractivity contribution in [1.82, 2.24) is 20.3 Å². The molecule has 1 fully saturated rings. The standard InChI is InChI=1S/C15H19N5/c1-2-13(9-17-5-1)14-10-19-15(20-11-14)18-8-12-3-6-16-7-4-12/h1-2,5,9-12,16H,3-4,6-8H2,(H,18,19,20). The third-order valence-electron chi connectivity index (χ3n) is 3.65. The predicted octanol–water partition coefficient (Wildman–Crippen LogP) is 1.95. The molecule has 0 aromatic carbocycles. The lowest BCUT2D eigenvalue weighted by molar-refractivity contribution is 0.389. The SMILES string of the molecule is c1cncc(-c2cnc(NCC3CCNCC3)nc2)c1. The van der Waals surface area contributed by atoms with Crippen molar-refractivity contribution in [3.05, 3.63) is 36.9 Å². The van der Waals surface area contributed by atoms with Crippen LogP contribution in [0.2, 0.25) is 0 Å². The van der Waals surface area contributed by atoms with Gasteiger partial charge in [-0.05, 0) is 37.9 Å². The van der Waals surface area contributed by atoms with E-state index >= 15 is 0 Å². The highest BCUT2D eigenvalue weighted by atomic mass is 15.1. The summed E-state index contributed by atoms with van der Waals surface area (Å²) in [6, 6.07) is 3.92. The van der Waals surface area contributed by atoms with E-state index in [9.17, 15) is 0 Å². The van der Waals surface area contributed by atoms with Gasteiger partial charge < -0.3 is 10.6 Å². The van der Waals surface area contributed by atoms with E-state index in [0.717, 1.165) is 36.7 Å². The van der Waals surface area contributed by atoms with Crippen LogP contribution >= 0.6 is 0 Å². The van der Waals surface area contributed by atoms with Crippen LogP contribution in [0.25, 0.3) is 11.1 Å². The number of hydrogen-bond donors (Lipinski definition) is 2. The Kier molecular flexibility index (Phi) is 4.18. The van der Waals surface area contributed by atoms with Gasteiger partial charge in [-0.1, -0.05) is 6.07 Å². The van der Waals surface area contributed by atoms with E-state index in [4.69, 9.17) is 0 Å². The molecule has 1 aliphatic heterocycles. The van der Waals surface area contributed by atoms with E-state index in [2.05, 4.69) is 25.6 Å². The summed E-state index contributed by atoms with van der Waals surface area (Å²) in [5.41, 5.74) is 2.03. The Morgan fingerprint density at radius 1 is 1.10 bits per heavy atom. The molecular formula is C15H19N5. The Bertz CT molecular complexity index is 520. The molecule has 2 N–H and O–H groups in total. The number of nitrogens with zero attached hydrogens (tertiary/aromatic N) is 3. The van der Waals surface area contributed by atoms with Gasteiger partial charge in [0.05, 0.1) is 0 Å². The molecule has 5 heteroatoms. The Morgan fingerprint density at radius 3 is 2.60 bits per heavy atom. The number of anilines is 1. The topological polar surface area (TPSA) is 62.7 Å². The van der Waals surface area contributed by atoms with Crippen molar-refractivity contribution in [3.63, 3.8) is 0 Å². The minimum atomic E-state index is 0.705. The lowest BCUT2D eigenvalue weighted by Gasteiger charge is -2.22. The summed E-state index contributed by atoms with van der Waals surface area (Å²) in [6.07, 6.45) is 9.71. The van der Waals surface area contributed by atoms with Gasteiger partial charge in [0.1, 0.15) is 0 Å². The Balaban J connectivity index is 1.58. The van der Waals surface area contributed by atoms with E-state index in [-0.39, 0.29) is 0 Å². The van der Waals surface area contributed by atoms with Crippen molar-refractivity contribution in [1.29, 1.82) is 0 Å². The van der Waals surface area contributed by atoms with E-state index in [0.29, 0.717) is 5.95 Å². The normalized spacial score (nSPS) is 16.0. The van der Waals surface area contributed by atoms with Gasteiger partial charge in [0, 0.05) is 42.5 Å². The number of aromatic nitrogens is 3. The Labute approximate surface area is 118 Å². The van der Waals surface area contributed by atoms with Crippen molar-refractivity contribution < 1.29 is 0 Å². The molecule has 0 bridgehead atoms. The Morgan fingerprint density at radius 2 is 1.90 bits per heavy atom. The third kappa shape index (κ3) is 3.30. The van der Waals surface area contributed by atoms with Crippen LogP contribution in [0.3, 0.4) is 0 Å². The average molecular weight is 269 g/mol. The van der Waals surface area contributed by atoms with Crippen molar-refractivity contribution in [2.24, 2.45) is 5.92 Å². The lowest BCUT2D eigenvalue weighted by Crippen LogP contribution is -2.31. The lowest BCUT2D eigenvalue weighted by atomic mass is 9.98. The van der Waals surface area contributed by atoms with Gasteiger partial charge >= 0.3 is 0 Å². The molecule has 3 heterocycles. The van der Waals surface area contributed by atoms with Gasteiger partial charge in [-0.2, -0.15) is 0 Å². The first-order chi connectivity index (χ1) is 9.92. The maximum Gasteiger partial charge on any atom is 0.222 e. The van der Waals surface area contributed by atoms with E-state index in [1.165, 1.54) is 12.8 Å². The minimum Gasteiger partial charge on any atom is -0.354 e. The molecule has 0 amide bonds. The molecule has 3 rings (SSSR count). The molecule has 0 atom stereocenters. The number of pyridine rings is 1. The minimum absolute atomic E-state index is 0.705. The van der Waals surface area contributed by atoms with Crippen LogP contribution in [0.1, 0.15) is 12.8 Å². The van der Waals surface area contributed by atoms with Crippen LogP contribution in [0.5, 0.6) is 0 Å². The summed E-state index contributed by atoms with van der Waals surface area (Å²) in [7, 11) is 0. The monoisotopic (exact) mass is 269 g/mol. The van der Waals surface area contributed by atoms with Crippen molar-refractivity contribution in [2.45, 2.75) is 12.8 Å². The van der Waals surface area contributed by atoms with Gasteiger partial charge in [-0.3, -0.25) is 4.98 Å². The summed E-state index contributed by atoms with van der Waals surface area (Å²) in [6.45, 7) is 3.19. The predicted molar refractivity (Wildman–Crippen MR) is 79.3 cm³/mol. The van der Waals surface area contributed by atoms with Gasteiger partial charge in [-0.25, -0.2) is 9.97 Å². The van der Waals surface area contributed by atoms with E-state index < -0.39 is 0 Å². The molecule has 2 aromatic rings. The number of rotatable bonds is 4. The second kappa shape index (κ2) is 6.43. The zero-order chi connectivity index (χ0) is 13.6. The van der Waals surface area contributed by atoms with Crippen LogP contribution in [0.4, 0.5) is 5.95 Å². The second-order valence-corrected chi connectivity index (χ2v) is 5.11. The van der Waals surface area contributed by atoms with E-state index in [1.807, 2.05) is 30.7 Å². The first kappa shape index (κ1) is 13.0. The van der Waals surface area contributed by atoms with Crippen LogP contribution in [-0.2, 0) is 0 Å². The van der Waals surface area contributed by atoms with Gasteiger partial charge in [0.25, 0.3) is 0 Å². The maximum atomic E-state index is 4.37. The molecule has 0 saturated carbocycles. The van der Waals surface area contributed by atoms with Gasteiger partial charge in [-0.15, -0.1) is 0 Å². The van der Waals surface area contributed by atoms with Crippen LogP contribution < -0.4 is 10.6 Å². The maximum absolute atomic E-state index is 4.37. The molecule has 0 unspecified atom stereocenters. The highest BCUT2D eigenvalue weighted by molar-refractivity contribution is 5.60. The fourth-order valence-electron chi connectivity index (χ4n) is 2.42. The van der Waals surface area contributed by atoms with Gasteiger partial charge in [0.15, 0.2) is 0 Å². The van der Waals surface area contributed by atoms with Crippen LogP contribution in [-0.4, -0.2) is 34.6 Å². The summed E-state index contributed by atoms with van der Waals surface area (Å²) in [5, 5.41) is 6.70. The molecule has 104 valence electrons. The fourth-order valence-corrected chi connectivity index (χ4v) is 2.42. The largest absolute Gasteiger partial charge is 0.354 e. The quantitative estimate of drug-likeness (QED) is 0.888. The van der Waals surface area contributed by atoms with Crippen molar-refractivity contribution in [2.75, 3.05) is 25.0 Å². The molecule has 0 aliphatic carbocycles. The first-order valence-electron chi connectivity index (χ1n) is 7.09. The molecule has 0 spiro atoms. The van der Waals surface area contributed by atoms with Crippen molar-refractivity contribution >= 4 is 5.95 Å². The summed E-state index contributed by atoms with van der Waals surface area (Å²) < 4.78 is 0. The number of piperidine rings is 1. The first-order valence-corrected chi connectivity index (χ1v) is 7.09. The highest BCUT2D eigenvalue weighted by Crippen LogP contribution is 2.17. The molecular weight excluding hydrogens is 250 g/mol.